The normalized spacial score (nSPS) is 16.8. The van der Waals surface area contributed by atoms with E-state index in [9.17, 15) is 0 Å². The summed E-state index contributed by atoms with van der Waals surface area (Å²) in [5, 5.41) is 0. The highest BCUT2D eigenvalue weighted by Gasteiger charge is 2.20. The van der Waals surface area contributed by atoms with Crippen LogP contribution < -0.4 is 0 Å². The second-order valence-corrected chi connectivity index (χ2v) is 9.01. The molecular weight excluding hydrogens is 311 g/mol. The molecule has 2 unspecified atom stereocenters. The highest BCUT2D eigenvalue weighted by atomic mass is 35.5. The van der Waals surface area contributed by atoms with Crippen LogP contribution in [0.3, 0.4) is 0 Å². The molecule has 0 aromatic rings. The first-order valence-electron chi connectivity index (χ1n) is 9.17. The van der Waals surface area contributed by atoms with Crippen LogP contribution in [0.2, 0.25) is 0 Å². The van der Waals surface area contributed by atoms with Crippen molar-refractivity contribution < 1.29 is 0 Å². The zero-order valence-electron chi connectivity index (χ0n) is 15.6. The lowest BCUT2D eigenvalue weighted by atomic mass is 9.91. The van der Waals surface area contributed by atoms with Gasteiger partial charge in [-0.15, -0.1) is 23.2 Å². The highest BCUT2D eigenvalue weighted by molar-refractivity contribution is 6.23. The Balaban J connectivity index is 3.76. The minimum Gasteiger partial charge on any atom is -0.122 e. The minimum atomic E-state index is -0.0289. The van der Waals surface area contributed by atoms with Gasteiger partial charge in [0, 0.05) is 10.8 Å². The van der Waals surface area contributed by atoms with Crippen LogP contribution in [-0.4, -0.2) is 10.8 Å². The minimum absolute atomic E-state index is 0.0289. The van der Waals surface area contributed by atoms with E-state index in [2.05, 4.69) is 40.7 Å². The van der Waals surface area contributed by atoms with Gasteiger partial charge in [0.25, 0.3) is 0 Å². The van der Waals surface area contributed by atoms with Gasteiger partial charge in [0.2, 0.25) is 0 Å². The van der Waals surface area contributed by atoms with Gasteiger partial charge in [-0.25, -0.2) is 0 Å². The Labute approximate surface area is 150 Å². The summed E-state index contributed by atoms with van der Waals surface area (Å²) in [4.78, 5) is -0.0289. The molecule has 0 amide bonds. The topological polar surface area (TPSA) is 0 Å². The third-order valence-corrected chi connectivity index (χ3v) is 5.10. The molecule has 2 heteroatoms. The van der Waals surface area contributed by atoms with Crippen molar-refractivity contribution in [2.45, 2.75) is 97.3 Å². The van der Waals surface area contributed by atoms with Crippen molar-refractivity contribution in [3.63, 3.8) is 0 Å². The van der Waals surface area contributed by atoms with Gasteiger partial charge in [0.05, 0.1) is 0 Å². The van der Waals surface area contributed by atoms with Gasteiger partial charge in [-0.2, -0.15) is 0 Å². The fourth-order valence-electron chi connectivity index (χ4n) is 2.93. The molecule has 0 rings (SSSR count). The number of rotatable bonds is 13. The van der Waals surface area contributed by atoms with Gasteiger partial charge >= 0.3 is 0 Å². The van der Waals surface area contributed by atoms with Crippen LogP contribution in [0.1, 0.15) is 92.4 Å². The predicted octanol–water partition coefficient (Wildman–Crippen LogP) is 7.97. The molecule has 0 saturated carbocycles. The first-order chi connectivity index (χ1) is 10.3. The molecule has 0 radical (unpaired) electrons. The third-order valence-electron chi connectivity index (χ3n) is 4.57. The molecule has 0 bridgehead atoms. The molecule has 2 atom stereocenters. The Morgan fingerprint density at radius 2 is 1.59 bits per heavy atom. The fourth-order valence-corrected chi connectivity index (χ4v) is 3.46. The maximum atomic E-state index is 6.68. The molecule has 0 saturated heterocycles. The average Bonchev–Trinajstić information content (AvgIpc) is 2.38. The maximum Gasteiger partial charge on any atom is 0.0418 e. The van der Waals surface area contributed by atoms with Crippen molar-refractivity contribution in [1.29, 1.82) is 0 Å². The van der Waals surface area contributed by atoms with Gasteiger partial charge in [0.1, 0.15) is 0 Å². The van der Waals surface area contributed by atoms with Crippen LogP contribution in [0, 0.1) is 11.8 Å². The van der Waals surface area contributed by atoms with E-state index in [4.69, 9.17) is 23.2 Å². The lowest BCUT2D eigenvalue weighted by Gasteiger charge is -2.23. The van der Waals surface area contributed by atoms with E-state index in [1.54, 1.807) is 0 Å². The van der Waals surface area contributed by atoms with Crippen LogP contribution in [0.4, 0.5) is 0 Å². The quantitative estimate of drug-likeness (QED) is 0.233. The lowest BCUT2D eigenvalue weighted by Crippen LogP contribution is -2.16. The highest BCUT2D eigenvalue weighted by Crippen LogP contribution is 2.30. The van der Waals surface area contributed by atoms with E-state index in [1.807, 2.05) is 0 Å². The van der Waals surface area contributed by atoms with Crippen molar-refractivity contribution >= 4 is 23.2 Å². The number of allylic oxidation sites excluding steroid dienone is 2. The summed E-state index contributed by atoms with van der Waals surface area (Å²) < 4.78 is 0. The van der Waals surface area contributed by atoms with Crippen LogP contribution >= 0.6 is 23.2 Å². The Hall–Kier alpha value is 0.320. The monoisotopic (exact) mass is 348 g/mol. The number of halogens is 2. The Morgan fingerprint density at radius 1 is 1.00 bits per heavy atom. The molecule has 0 aromatic carbocycles. The molecule has 0 spiro atoms. The van der Waals surface area contributed by atoms with Gasteiger partial charge in [-0.05, 0) is 51.4 Å². The summed E-state index contributed by atoms with van der Waals surface area (Å²) in [5.41, 5.74) is 1.39. The van der Waals surface area contributed by atoms with Crippen molar-refractivity contribution in [3.05, 3.63) is 11.6 Å². The van der Waals surface area contributed by atoms with E-state index >= 15 is 0 Å². The molecule has 0 aromatic heterocycles. The van der Waals surface area contributed by atoms with E-state index in [1.165, 1.54) is 44.1 Å². The van der Waals surface area contributed by atoms with Gasteiger partial charge in [-0.1, -0.05) is 64.5 Å². The molecule has 22 heavy (non-hydrogen) atoms. The number of hydrogen-bond donors (Lipinski definition) is 0. The number of hydrogen-bond acceptors (Lipinski definition) is 0. The van der Waals surface area contributed by atoms with Crippen LogP contribution in [0.25, 0.3) is 0 Å². The van der Waals surface area contributed by atoms with E-state index < -0.39 is 0 Å². The zero-order valence-corrected chi connectivity index (χ0v) is 17.1. The molecule has 0 aliphatic rings. The zero-order chi connectivity index (χ0) is 17.0. The third kappa shape index (κ3) is 13.9. The van der Waals surface area contributed by atoms with Crippen LogP contribution in [0.5, 0.6) is 0 Å². The molecule has 0 N–H and O–H groups in total. The second kappa shape index (κ2) is 12.7. The summed E-state index contributed by atoms with van der Waals surface area (Å²) >= 11 is 12.4. The Kier molecular flexibility index (Phi) is 12.9. The molecular formula is C20H38Cl2. The molecule has 0 heterocycles. The van der Waals surface area contributed by atoms with Gasteiger partial charge in [-0.3, -0.25) is 0 Å². The summed E-state index contributed by atoms with van der Waals surface area (Å²) in [7, 11) is 0. The SMILES string of the molecule is CC(=CCCl)CCCC(C)(Cl)CCCC(C)CCCC(C)C. The second-order valence-electron chi connectivity index (χ2n) is 7.79. The van der Waals surface area contributed by atoms with Crippen LogP contribution in [-0.2, 0) is 0 Å². The first-order valence-corrected chi connectivity index (χ1v) is 10.1. The molecule has 0 nitrogen and oxygen atoms in total. The predicted molar refractivity (Wildman–Crippen MR) is 104 cm³/mol. The first kappa shape index (κ1) is 22.3. The van der Waals surface area contributed by atoms with Crippen molar-refractivity contribution in [3.8, 4) is 0 Å². The largest absolute Gasteiger partial charge is 0.122 e. The van der Waals surface area contributed by atoms with Crippen LogP contribution in [0.15, 0.2) is 11.6 Å². The lowest BCUT2D eigenvalue weighted by molar-refractivity contribution is 0.400. The van der Waals surface area contributed by atoms with Gasteiger partial charge < -0.3 is 0 Å². The van der Waals surface area contributed by atoms with Crippen molar-refractivity contribution in [2.75, 3.05) is 5.88 Å². The average molecular weight is 349 g/mol. The van der Waals surface area contributed by atoms with E-state index in [0.717, 1.165) is 31.1 Å². The molecule has 0 aliphatic carbocycles. The molecule has 0 fully saturated rings. The number of alkyl halides is 2. The maximum absolute atomic E-state index is 6.68. The summed E-state index contributed by atoms with van der Waals surface area (Å²) in [6, 6.07) is 0. The summed E-state index contributed by atoms with van der Waals surface area (Å²) in [6.07, 6.45) is 13.3. The van der Waals surface area contributed by atoms with Gasteiger partial charge in [0.15, 0.2) is 0 Å². The molecule has 0 aliphatic heterocycles. The van der Waals surface area contributed by atoms with E-state index in [0.29, 0.717) is 5.88 Å². The Bertz CT molecular complexity index is 292. The summed E-state index contributed by atoms with van der Waals surface area (Å²) in [6.45, 7) is 11.4. The van der Waals surface area contributed by atoms with E-state index in [-0.39, 0.29) is 4.87 Å². The molecule has 132 valence electrons. The smallest absolute Gasteiger partial charge is 0.0418 e. The fraction of sp³-hybridized carbons (Fsp3) is 0.900. The standard InChI is InChI=1S/C20H38Cl2/c1-17(2)9-6-10-18(3)11-7-14-20(5,22)15-8-12-19(4)13-16-21/h13,17-18H,6-12,14-16H2,1-5H3. The Morgan fingerprint density at radius 3 is 2.18 bits per heavy atom. The van der Waals surface area contributed by atoms with Crippen molar-refractivity contribution in [2.24, 2.45) is 11.8 Å². The van der Waals surface area contributed by atoms with Crippen molar-refractivity contribution in [1.82, 2.24) is 0 Å². The summed E-state index contributed by atoms with van der Waals surface area (Å²) in [5.74, 6) is 2.31.